The van der Waals surface area contributed by atoms with E-state index in [1.54, 1.807) is 36.5 Å². The van der Waals surface area contributed by atoms with Crippen molar-refractivity contribution in [2.24, 2.45) is 0 Å². The number of nitrogens with zero attached hydrogens (tertiary/aromatic N) is 5. The average Bonchev–Trinajstić information content (AvgIpc) is 1.66. The van der Waals surface area contributed by atoms with Crippen LogP contribution in [0, 0.1) is 61.9 Å². The average molecular weight is 1380 g/mol. The Morgan fingerprint density at radius 3 is 1.17 bits per heavy atom. The lowest BCUT2D eigenvalue weighted by Gasteiger charge is -2.33. The molecule has 0 bridgehead atoms. The number of hydrogen-bond donors (Lipinski definition) is 4. The van der Waals surface area contributed by atoms with E-state index in [9.17, 15) is 19.6 Å². The number of fused-ring (bicyclic) bond motifs is 12. The summed E-state index contributed by atoms with van der Waals surface area (Å²) in [5, 5.41) is 41.0. The smallest absolute Gasteiger partial charge is 0.195 e. The Balaban J connectivity index is 0.000000181. The maximum absolute atomic E-state index is 13.6. The van der Waals surface area contributed by atoms with Gasteiger partial charge in [0.15, 0.2) is 17.3 Å². The van der Waals surface area contributed by atoms with Crippen molar-refractivity contribution in [2.75, 3.05) is 0 Å². The Morgan fingerprint density at radius 1 is 0.505 bits per heavy atom. The minimum Gasteiger partial charge on any atom is -0.357 e. The molecule has 0 aliphatic heterocycles. The second kappa shape index (κ2) is 26.8. The molecule has 0 fully saturated rings. The van der Waals surface area contributed by atoms with Gasteiger partial charge < -0.3 is 15.0 Å². The molecule has 474 valence electrons. The number of aryl methyl sites for hydroxylation is 3. The first-order chi connectivity index (χ1) is 42.8. The van der Waals surface area contributed by atoms with E-state index in [4.69, 9.17) is 23.4 Å². The van der Waals surface area contributed by atoms with Gasteiger partial charge in [-0.25, -0.2) is 0 Å². The molecule has 0 radical (unpaired) electrons. The van der Waals surface area contributed by atoms with Crippen LogP contribution in [0.5, 0.6) is 0 Å². The maximum Gasteiger partial charge on any atom is 0.195 e. The summed E-state index contributed by atoms with van der Waals surface area (Å²) in [5.74, 6) is 2.87. The first kappa shape index (κ1) is 71.3. The van der Waals surface area contributed by atoms with Crippen molar-refractivity contribution in [1.29, 1.82) is 15.8 Å². The highest BCUT2D eigenvalue weighted by Crippen LogP contribution is 2.48. The summed E-state index contributed by atoms with van der Waals surface area (Å²) in [7, 11) is -1.71. The summed E-state index contributed by atoms with van der Waals surface area (Å²) in [6, 6.07) is 35.1. The third kappa shape index (κ3) is 13.3. The molecule has 6 aromatic carbocycles. The third-order valence-corrected chi connectivity index (χ3v) is 19.1. The number of rotatable bonds is 4. The second-order valence-corrected chi connectivity index (χ2v) is 39.6. The molecule has 0 unspecified atom stereocenters. The van der Waals surface area contributed by atoms with E-state index >= 15 is 0 Å². The van der Waals surface area contributed by atoms with Crippen molar-refractivity contribution >= 4 is 88.8 Å². The lowest BCUT2D eigenvalue weighted by atomic mass is 9.70. The predicted octanol–water partition coefficient (Wildman–Crippen LogP) is 18.5. The zero-order chi connectivity index (χ0) is 66.6. The normalized spacial score (nSPS) is 13.9. The quantitative estimate of drug-likeness (QED) is 0.0754. The van der Waals surface area contributed by atoms with Gasteiger partial charge >= 0.3 is 0 Å². The number of hydrogen-bond acceptors (Lipinski definition) is 8. The highest BCUT2D eigenvalue weighted by Gasteiger charge is 2.43. The molecule has 0 amide bonds. The SMILES string of the molecule is C.C.C#C[Si](C)(C)C.C#Cc1cc2c(cc1CC)C(=O)c1c([nH]c3cc(C#N)ccc13)C2(C)C.CCc1cc2c(cc1-c1cn[nH]n1)C(C)(C)c1[nH]c3cc(C#N)ccc3c1C2=O.CCc1cc2c(cc1I)C(C)(C)c1[nH]c3cc(C#N)ccc3c1C2=O.C[Si](C)(C)C. The van der Waals surface area contributed by atoms with Gasteiger partial charge in [-0.15, -0.1) is 18.4 Å². The highest BCUT2D eigenvalue weighted by molar-refractivity contribution is 14.1. The van der Waals surface area contributed by atoms with Crippen LogP contribution in [0.3, 0.4) is 0 Å². The number of terminal acetylenes is 2. The molecule has 0 spiro atoms. The summed E-state index contributed by atoms with van der Waals surface area (Å²) in [4.78, 5) is 50.5. The molecule has 4 heterocycles. The monoisotopic (exact) mass is 1380 g/mol. The van der Waals surface area contributed by atoms with Crippen molar-refractivity contribution in [3.8, 4) is 53.8 Å². The number of aromatic nitrogens is 6. The number of halogens is 1. The van der Waals surface area contributed by atoms with E-state index in [1.807, 2.05) is 49.4 Å². The third-order valence-electron chi connectivity index (χ3n) is 17.2. The lowest BCUT2D eigenvalue weighted by molar-refractivity contribution is 0.102. The fourth-order valence-corrected chi connectivity index (χ4v) is 13.2. The molecule has 0 atom stereocenters. The largest absolute Gasteiger partial charge is 0.357 e. The fourth-order valence-electron chi connectivity index (χ4n) is 12.3. The number of benzene rings is 6. The maximum atomic E-state index is 13.6. The Labute approximate surface area is 564 Å². The molecule has 0 saturated heterocycles. The Morgan fingerprint density at radius 2 is 0.849 bits per heavy atom. The van der Waals surface area contributed by atoms with E-state index in [1.165, 1.54) is 9.13 Å². The van der Waals surface area contributed by atoms with Gasteiger partial charge in [0, 0.05) is 105 Å². The topological polar surface area (TPSA) is 212 Å². The number of H-pyrrole nitrogens is 4. The van der Waals surface area contributed by atoms with Crippen LogP contribution >= 0.6 is 22.6 Å². The number of nitriles is 3. The summed E-state index contributed by atoms with van der Waals surface area (Å²) in [5.41, 5.74) is 21.9. The molecule has 4 N–H and O–H groups in total. The molecular weight excluding hydrogens is 1290 g/mol. The van der Waals surface area contributed by atoms with Crippen LogP contribution in [-0.4, -0.2) is 63.9 Å². The summed E-state index contributed by atoms with van der Waals surface area (Å²) >= 11 is 2.36. The van der Waals surface area contributed by atoms with Crippen molar-refractivity contribution in [2.45, 2.75) is 159 Å². The van der Waals surface area contributed by atoms with E-state index < -0.39 is 21.6 Å². The number of aromatic amines is 4. The lowest BCUT2D eigenvalue weighted by Crippen LogP contribution is -2.30. The molecule has 10 aromatic rings. The number of nitrogens with one attached hydrogen (secondary N) is 4. The van der Waals surface area contributed by atoms with Gasteiger partial charge in [0.2, 0.25) is 0 Å². The van der Waals surface area contributed by atoms with Gasteiger partial charge in [-0.1, -0.05) is 147 Å². The molecule has 0 saturated carbocycles. The minimum atomic E-state index is -1.10. The van der Waals surface area contributed by atoms with Gasteiger partial charge in [-0.2, -0.15) is 31.2 Å². The van der Waals surface area contributed by atoms with Crippen LogP contribution in [-0.2, 0) is 35.5 Å². The van der Waals surface area contributed by atoms with Crippen molar-refractivity contribution in [3.05, 3.63) is 207 Å². The van der Waals surface area contributed by atoms with Gasteiger partial charge in [-0.05, 0) is 148 Å². The summed E-state index contributed by atoms with van der Waals surface area (Å²) < 4.78 is 1.20. The predicted molar refractivity (Wildman–Crippen MR) is 394 cm³/mol. The Kier molecular flexibility index (Phi) is 20.6. The summed E-state index contributed by atoms with van der Waals surface area (Å²) in [6.45, 7) is 34.7. The number of ketones is 3. The van der Waals surface area contributed by atoms with Gasteiger partial charge in [0.05, 0.1) is 57.8 Å². The fraction of sp³-hybridized carbons (Fsp3) is 0.308. The molecular formula is C78H84IN9O3Si2. The van der Waals surface area contributed by atoms with Crippen LogP contribution in [0.25, 0.3) is 44.0 Å². The van der Waals surface area contributed by atoms with Crippen LogP contribution in [0.4, 0.5) is 0 Å². The van der Waals surface area contributed by atoms with E-state index in [2.05, 4.69) is 202 Å². The van der Waals surface area contributed by atoms with Crippen LogP contribution in [0.1, 0.15) is 198 Å². The first-order valence-corrected chi connectivity index (χ1v) is 39.2. The molecule has 13 rings (SSSR count). The number of carbonyl (C=O) groups excluding carboxylic acids is 3. The van der Waals surface area contributed by atoms with Gasteiger partial charge in [-0.3, -0.25) is 14.4 Å². The zero-order valence-electron chi connectivity index (χ0n) is 54.9. The zero-order valence-corrected chi connectivity index (χ0v) is 59.0. The van der Waals surface area contributed by atoms with Gasteiger partial charge in [0.1, 0.15) is 13.8 Å². The number of carbonyl (C=O) groups is 3. The Hall–Kier alpha value is -9.16. The highest BCUT2D eigenvalue weighted by atomic mass is 127. The second-order valence-electron chi connectivity index (χ2n) is 27.7. The molecule has 3 aliphatic carbocycles. The van der Waals surface area contributed by atoms with E-state index in [0.717, 1.165) is 136 Å². The van der Waals surface area contributed by atoms with Crippen molar-refractivity contribution in [1.82, 2.24) is 30.4 Å². The van der Waals surface area contributed by atoms with Crippen molar-refractivity contribution < 1.29 is 14.4 Å². The Bertz CT molecular complexity index is 4860. The molecule has 3 aliphatic rings. The standard InChI is InChI=1S/C23H19N5O.C23H18N2O.C21H17IN2O.C5H10Si.C4H12Si.2CH4/c1-4-13-8-16-17(9-15(13)19-11-25-28-27-19)23(2,3)22-20(21(16)29)14-6-5-12(10-24)7-18(14)26-22;1-5-14-10-17-18(11-15(14)6-2)23(3,4)22-20(21(17)26)16-8-7-13(12-24)9-19(16)25-22;1-4-12-8-14-15(9-16(12)22)21(2,3)20-18(19(14)25)13-6-5-11(10-23)7-17(13)24-20;1-5-6(2,3)4;1-5(2,3)4;;/h5-9,11,26H,4H2,1-3H3,(H,25,27,28);2,7-11,25H,5H2,1,3-4H3;5-9,24H,4H2,1-3H3;1H,2-4H3;1-4H3;2*1H4. The first-order valence-electron chi connectivity index (χ1n) is 30.6. The molecule has 15 heteroatoms. The molecule has 12 nitrogen and oxygen atoms in total. The molecule has 4 aromatic heterocycles. The van der Waals surface area contributed by atoms with Crippen LogP contribution in [0.2, 0.25) is 45.8 Å². The van der Waals surface area contributed by atoms with E-state index in [-0.39, 0.29) is 43.0 Å². The van der Waals surface area contributed by atoms with E-state index in [0.29, 0.717) is 27.8 Å². The van der Waals surface area contributed by atoms with Gasteiger partial charge in [0.25, 0.3) is 0 Å². The minimum absolute atomic E-state index is 0. The van der Waals surface area contributed by atoms with Crippen molar-refractivity contribution in [3.63, 3.8) is 0 Å². The van der Waals surface area contributed by atoms with Crippen LogP contribution < -0.4 is 0 Å². The summed E-state index contributed by atoms with van der Waals surface area (Å²) in [6.07, 6.45) is 15.0. The van der Waals surface area contributed by atoms with Crippen LogP contribution in [0.15, 0.2) is 97.2 Å². The molecule has 93 heavy (non-hydrogen) atoms.